The van der Waals surface area contributed by atoms with Crippen molar-refractivity contribution < 1.29 is 9.53 Å². The van der Waals surface area contributed by atoms with Crippen LogP contribution in [0.3, 0.4) is 0 Å². The van der Waals surface area contributed by atoms with Gasteiger partial charge >= 0.3 is 6.09 Å². The molecule has 9 heteroatoms. The third-order valence-electron chi connectivity index (χ3n) is 4.85. The molecule has 0 N–H and O–H groups in total. The second-order valence-corrected chi connectivity index (χ2v) is 9.40. The van der Waals surface area contributed by atoms with Crippen LogP contribution in [0.4, 0.5) is 9.93 Å². The maximum Gasteiger partial charge on any atom is 0.410 e. The Balaban J connectivity index is 1.51. The first-order valence-corrected chi connectivity index (χ1v) is 10.6. The van der Waals surface area contributed by atoms with E-state index in [-0.39, 0.29) is 18.2 Å². The molecule has 1 aliphatic heterocycles. The van der Waals surface area contributed by atoms with Crippen molar-refractivity contribution >= 4 is 27.5 Å². The van der Waals surface area contributed by atoms with Gasteiger partial charge in [-0.1, -0.05) is 11.3 Å². The van der Waals surface area contributed by atoms with Crippen LogP contribution >= 0.6 is 11.3 Å². The van der Waals surface area contributed by atoms with Crippen LogP contribution in [0.25, 0.3) is 16.2 Å². The molecule has 2 atom stereocenters. The lowest BCUT2D eigenvalue weighted by atomic mass is 10.1. The lowest BCUT2D eigenvalue weighted by molar-refractivity contribution is 0.0130. The summed E-state index contributed by atoms with van der Waals surface area (Å²) >= 11 is 1.56. The monoisotopic (exact) mass is 414 g/mol. The number of carbonyl (C=O) groups is 1. The predicted molar refractivity (Wildman–Crippen MR) is 113 cm³/mol. The predicted octanol–water partition coefficient (Wildman–Crippen LogP) is 3.69. The molecule has 1 fully saturated rings. The minimum atomic E-state index is -0.496. The van der Waals surface area contributed by atoms with Crippen molar-refractivity contribution in [1.29, 1.82) is 0 Å². The van der Waals surface area contributed by atoms with Crippen LogP contribution < -0.4 is 4.90 Å². The van der Waals surface area contributed by atoms with E-state index in [1.807, 2.05) is 55.4 Å². The van der Waals surface area contributed by atoms with E-state index in [0.717, 1.165) is 21.3 Å². The van der Waals surface area contributed by atoms with Crippen molar-refractivity contribution in [3.8, 4) is 11.3 Å². The van der Waals surface area contributed by atoms with E-state index in [4.69, 9.17) is 14.8 Å². The summed E-state index contributed by atoms with van der Waals surface area (Å²) in [6.07, 6.45) is 5.22. The minimum Gasteiger partial charge on any atom is -0.444 e. The molecule has 8 nitrogen and oxygen atoms in total. The van der Waals surface area contributed by atoms with E-state index in [1.165, 1.54) is 0 Å². The smallest absolute Gasteiger partial charge is 0.410 e. The molecule has 1 aliphatic rings. The highest BCUT2D eigenvalue weighted by molar-refractivity contribution is 7.20. The van der Waals surface area contributed by atoms with Gasteiger partial charge in [0.2, 0.25) is 10.1 Å². The topological polar surface area (TPSA) is 75.9 Å². The number of hydrogen-bond donors (Lipinski definition) is 0. The maximum absolute atomic E-state index is 12.5. The molecule has 2 unspecified atom stereocenters. The molecule has 0 bridgehead atoms. The first-order valence-electron chi connectivity index (χ1n) is 9.74. The quantitative estimate of drug-likeness (QED) is 0.637. The van der Waals surface area contributed by atoms with E-state index in [1.54, 1.807) is 23.7 Å². The van der Waals surface area contributed by atoms with Gasteiger partial charge in [0.1, 0.15) is 5.60 Å². The molecule has 0 saturated carbocycles. The number of hydrogen-bond acceptors (Lipinski definition) is 7. The van der Waals surface area contributed by atoms with Gasteiger partial charge < -0.3 is 14.5 Å². The minimum absolute atomic E-state index is 0.0308. The first kappa shape index (κ1) is 19.6. The Kier molecular flexibility index (Phi) is 4.94. The standard InChI is InChI=1S/C20H26N6O2S/c1-13-11-25(19(27)28-20(3,4)5)14(2)10-24(13)18-23-26-12-16(22-17(26)29-18)15-7-6-8-21-9-15/h6-9,12-14H,10-11H2,1-5H3. The summed E-state index contributed by atoms with van der Waals surface area (Å²) in [4.78, 5) is 26.3. The molecule has 3 aromatic rings. The van der Waals surface area contributed by atoms with Crippen LogP contribution in [0.5, 0.6) is 0 Å². The Bertz CT molecular complexity index is 978. The van der Waals surface area contributed by atoms with E-state index >= 15 is 0 Å². The number of ether oxygens (including phenoxy) is 1. The molecule has 0 spiro atoms. The molecular formula is C20H26N6O2S. The van der Waals surface area contributed by atoms with E-state index in [0.29, 0.717) is 13.1 Å². The highest BCUT2D eigenvalue weighted by atomic mass is 32.1. The molecule has 0 aromatic carbocycles. The number of amides is 1. The molecule has 29 heavy (non-hydrogen) atoms. The third kappa shape index (κ3) is 4.05. The van der Waals surface area contributed by atoms with Gasteiger partial charge in [0, 0.05) is 43.1 Å². The van der Waals surface area contributed by atoms with E-state index < -0.39 is 5.60 Å². The maximum atomic E-state index is 12.5. The van der Waals surface area contributed by atoms with Crippen LogP contribution in [0.2, 0.25) is 0 Å². The van der Waals surface area contributed by atoms with Crippen molar-refractivity contribution in [3.63, 3.8) is 0 Å². The van der Waals surface area contributed by atoms with Gasteiger partial charge in [-0.25, -0.2) is 14.3 Å². The van der Waals surface area contributed by atoms with Gasteiger partial charge in [-0.15, -0.1) is 5.10 Å². The Labute approximate surface area is 174 Å². The first-order chi connectivity index (χ1) is 13.7. The summed E-state index contributed by atoms with van der Waals surface area (Å²) in [5.41, 5.74) is 1.34. The zero-order chi connectivity index (χ0) is 20.8. The summed E-state index contributed by atoms with van der Waals surface area (Å²) in [5, 5.41) is 5.65. The van der Waals surface area contributed by atoms with Gasteiger partial charge in [0.05, 0.1) is 11.9 Å². The zero-order valence-electron chi connectivity index (χ0n) is 17.4. The van der Waals surface area contributed by atoms with Crippen LogP contribution in [0.15, 0.2) is 30.7 Å². The van der Waals surface area contributed by atoms with Crippen molar-refractivity contribution in [2.75, 3.05) is 18.0 Å². The van der Waals surface area contributed by atoms with Crippen LogP contribution in [-0.2, 0) is 4.74 Å². The second-order valence-electron chi connectivity index (χ2n) is 8.46. The largest absolute Gasteiger partial charge is 0.444 e. The fourth-order valence-corrected chi connectivity index (χ4v) is 4.42. The van der Waals surface area contributed by atoms with Gasteiger partial charge in [0.25, 0.3) is 0 Å². The number of nitrogens with zero attached hydrogens (tertiary/aromatic N) is 6. The van der Waals surface area contributed by atoms with Gasteiger partial charge in [-0.05, 0) is 46.8 Å². The molecule has 4 heterocycles. The third-order valence-corrected chi connectivity index (χ3v) is 5.81. The fourth-order valence-electron chi connectivity index (χ4n) is 3.43. The summed E-state index contributed by atoms with van der Waals surface area (Å²) in [7, 11) is 0. The Hall–Kier alpha value is -2.68. The molecule has 0 aliphatic carbocycles. The number of rotatable bonds is 2. The normalized spacial score (nSPS) is 20.3. The number of imidazole rings is 1. The zero-order valence-corrected chi connectivity index (χ0v) is 18.2. The molecular weight excluding hydrogens is 388 g/mol. The van der Waals surface area contributed by atoms with E-state index in [2.05, 4.69) is 16.8 Å². The number of aromatic nitrogens is 4. The summed E-state index contributed by atoms with van der Waals surface area (Å²) < 4.78 is 7.38. The van der Waals surface area contributed by atoms with Gasteiger partial charge in [-0.2, -0.15) is 0 Å². The molecule has 3 aromatic heterocycles. The van der Waals surface area contributed by atoms with Crippen LogP contribution in [-0.4, -0.2) is 61.3 Å². The van der Waals surface area contributed by atoms with Crippen molar-refractivity contribution in [2.45, 2.75) is 52.3 Å². The number of carbonyl (C=O) groups excluding carboxylic acids is 1. The van der Waals surface area contributed by atoms with Gasteiger partial charge in [-0.3, -0.25) is 4.98 Å². The number of fused-ring (bicyclic) bond motifs is 1. The van der Waals surface area contributed by atoms with Crippen LogP contribution in [0, 0.1) is 0 Å². The molecule has 0 radical (unpaired) electrons. The Morgan fingerprint density at radius 3 is 2.69 bits per heavy atom. The lowest BCUT2D eigenvalue weighted by Crippen LogP contribution is -2.59. The van der Waals surface area contributed by atoms with Crippen molar-refractivity contribution in [3.05, 3.63) is 30.7 Å². The fraction of sp³-hybridized carbons (Fsp3) is 0.500. The van der Waals surface area contributed by atoms with Crippen molar-refractivity contribution in [2.24, 2.45) is 0 Å². The summed E-state index contributed by atoms with van der Waals surface area (Å²) in [6, 6.07) is 4.05. The lowest BCUT2D eigenvalue weighted by Gasteiger charge is -2.43. The number of piperazine rings is 1. The average molecular weight is 415 g/mol. The molecule has 1 amide bonds. The number of anilines is 1. The second kappa shape index (κ2) is 7.29. The average Bonchev–Trinajstić information content (AvgIpc) is 3.21. The van der Waals surface area contributed by atoms with E-state index in [9.17, 15) is 4.79 Å². The molecule has 154 valence electrons. The Morgan fingerprint density at radius 1 is 1.24 bits per heavy atom. The Morgan fingerprint density at radius 2 is 2.03 bits per heavy atom. The molecule has 1 saturated heterocycles. The summed E-state index contributed by atoms with van der Waals surface area (Å²) in [5.74, 6) is 0. The summed E-state index contributed by atoms with van der Waals surface area (Å²) in [6.45, 7) is 11.1. The highest BCUT2D eigenvalue weighted by Gasteiger charge is 2.35. The SMILES string of the molecule is CC1CN(c2nn3cc(-c4cccnc4)nc3s2)C(C)CN1C(=O)OC(C)(C)C. The van der Waals surface area contributed by atoms with Crippen molar-refractivity contribution in [1.82, 2.24) is 24.5 Å². The highest BCUT2D eigenvalue weighted by Crippen LogP contribution is 2.30. The number of pyridine rings is 1. The van der Waals surface area contributed by atoms with Crippen LogP contribution in [0.1, 0.15) is 34.6 Å². The van der Waals surface area contributed by atoms with Gasteiger partial charge in [0.15, 0.2) is 0 Å². The molecule has 4 rings (SSSR count).